The summed E-state index contributed by atoms with van der Waals surface area (Å²) in [6, 6.07) is 14.9. The van der Waals surface area contributed by atoms with Crippen molar-refractivity contribution in [1.29, 1.82) is 0 Å². The van der Waals surface area contributed by atoms with Crippen molar-refractivity contribution in [2.24, 2.45) is 5.92 Å². The van der Waals surface area contributed by atoms with E-state index in [1.54, 1.807) is 0 Å². The van der Waals surface area contributed by atoms with Crippen LogP contribution in [0.3, 0.4) is 0 Å². The van der Waals surface area contributed by atoms with Crippen molar-refractivity contribution in [2.75, 3.05) is 18.4 Å². The Kier molecular flexibility index (Phi) is 5.54. The lowest BCUT2D eigenvalue weighted by atomic mass is 9.95. The molecule has 2 aromatic rings. The average Bonchev–Trinajstić information content (AvgIpc) is 2.61. The Balaban J connectivity index is 1.52. The summed E-state index contributed by atoms with van der Waals surface area (Å²) < 4.78 is 0. The summed E-state index contributed by atoms with van der Waals surface area (Å²) in [5, 5.41) is 3.13. The summed E-state index contributed by atoms with van der Waals surface area (Å²) in [4.78, 5) is 15.1. The molecule has 1 saturated heterocycles. The molecule has 1 fully saturated rings. The van der Waals surface area contributed by atoms with E-state index in [1.165, 1.54) is 16.7 Å². The van der Waals surface area contributed by atoms with Crippen molar-refractivity contribution in [2.45, 2.75) is 40.2 Å². The fraction of sp³-hybridized carbons (Fsp3) is 0.409. The summed E-state index contributed by atoms with van der Waals surface area (Å²) in [6.07, 6.45) is 1.87. The maximum absolute atomic E-state index is 12.6. The third kappa shape index (κ3) is 4.70. The van der Waals surface area contributed by atoms with Gasteiger partial charge in [-0.3, -0.25) is 9.69 Å². The third-order valence-electron chi connectivity index (χ3n) is 5.14. The highest BCUT2D eigenvalue weighted by Gasteiger charge is 2.25. The van der Waals surface area contributed by atoms with Crippen LogP contribution in [0, 0.1) is 26.7 Å². The van der Waals surface area contributed by atoms with Gasteiger partial charge >= 0.3 is 0 Å². The number of benzene rings is 2. The van der Waals surface area contributed by atoms with Crippen LogP contribution in [-0.4, -0.2) is 23.9 Å². The summed E-state index contributed by atoms with van der Waals surface area (Å²) in [5.74, 6) is 0.290. The van der Waals surface area contributed by atoms with Gasteiger partial charge < -0.3 is 5.32 Å². The molecule has 1 aliphatic rings. The number of carbonyl (C=O) groups is 1. The fourth-order valence-corrected chi connectivity index (χ4v) is 3.41. The van der Waals surface area contributed by atoms with Gasteiger partial charge in [-0.2, -0.15) is 0 Å². The van der Waals surface area contributed by atoms with Crippen LogP contribution < -0.4 is 5.32 Å². The van der Waals surface area contributed by atoms with Gasteiger partial charge in [0, 0.05) is 18.2 Å². The highest BCUT2D eigenvalue weighted by atomic mass is 16.1. The molecule has 0 aliphatic carbocycles. The first-order valence-electron chi connectivity index (χ1n) is 9.17. The molecule has 2 aromatic carbocycles. The second kappa shape index (κ2) is 7.83. The number of hydrogen-bond acceptors (Lipinski definition) is 2. The average molecular weight is 336 g/mol. The molecule has 3 heteroatoms. The van der Waals surface area contributed by atoms with Gasteiger partial charge in [0.05, 0.1) is 0 Å². The largest absolute Gasteiger partial charge is 0.326 e. The van der Waals surface area contributed by atoms with Crippen molar-refractivity contribution in [3.8, 4) is 0 Å². The number of likely N-dealkylation sites (tertiary alicyclic amines) is 1. The Morgan fingerprint density at radius 1 is 1.00 bits per heavy atom. The van der Waals surface area contributed by atoms with Crippen LogP contribution in [0.1, 0.15) is 35.1 Å². The van der Waals surface area contributed by atoms with Gasteiger partial charge in [-0.25, -0.2) is 0 Å². The lowest BCUT2D eigenvalue weighted by Gasteiger charge is -2.31. The molecule has 0 aromatic heterocycles. The van der Waals surface area contributed by atoms with E-state index in [0.717, 1.165) is 43.7 Å². The molecule has 25 heavy (non-hydrogen) atoms. The minimum Gasteiger partial charge on any atom is -0.326 e. The number of carbonyl (C=O) groups excluding carboxylic acids is 1. The maximum atomic E-state index is 12.6. The number of rotatable bonds is 4. The Hall–Kier alpha value is -2.13. The van der Waals surface area contributed by atoms with Gasteiger partial charge in [0.15, 0.2) is 0 Å². The zero-order valence-corrected chi connectivity index (χ0v) is 15.5. The van der Waals surface area contributed by atoms with E-state index >= 15 is 0 Å². The van der Waals surface area contributed by atoms with Crippen LogP contribution in [0.15, 0.2) is 42.5 Å². The first-order valence-corrected chi connectivity index (χ1v) is 9.17. The summed E-state index contributed by atoms with van der Waals surface area (Å²) in [7, 11) is 0. The van der Waals surface area contributed by atoms with Crippen molar-refractivity contribution in [1.82, 2.24) is 4.90 Å². The monoisotopic (exact) mass is 336 g/mol. The van der Waals surface area contributed by atoms with Crippen LogP contribution in [0.2, 0.25) is 0 Å². The minimum absolute atomic E-state index is 0.120. The second-order valence-corrected chi connectivity index (χ2v) is 7.34. The fourth-order valence-electron chi connectivity index (χ4n) is 3.41. The molecular formula is C22H28N2O. The number of nitrogens with one attached hydrogen (secondary N) is 1. The van der Waals surface area contributed by atoms with E-state index in [4.69, 9.17) is 0 Å². The van der Waals surface area contributed by atoms with E-state index in [1.807, 2.05) is 6.92 Å². The Morgan fingerprint density at radius 2 is 1.64 bits per heavy atom. The Morgan fingerprint density at radius 3 is 2.32 bits per heavy atom. The molecule has 3 nitrogen and oxygen atoms in total. The van der Waals surface area contributed by atoms with Gasteiger partial charge in [-0.05, 0) is 69.5 Å². The van der Waals surface area contributed by atoms with Crippen LogP contribution in [-0.2, 0) is 11.3 Å². The van der Waals surface area contributed by atoms with E-state index in [9.17, 15) is 4.79 Å². The smallest absolute Gasteiger partial charge is 0.227 e. The molecule has 1 amide bonds. The second-order valence-electron chi connectivity index (χ2n) is 7.34. The van der Waals surface area contributed by atoms with Crippen molar-refractivity contribution >= 4 is 11.6 Å². The predicted molar refractivity (Wildman–Crippen MR) is 104 cm³/mol. The molecule has 1 heterocycles. The lowest BCUT2D eigenvalue weighted by molar-refractivity contribution is -0.121. The molecule has 0 bridgehead atoms. The molecule has 1 aliphatic heterocycles. The van der Waals surface area contributed by atoms with Crippen molar-refractivity contribution < 1.29 is 4.79 Å². The standard InChI is InChI=1S/C22H28N2O/c1-16-5-8-19(9-6-16)15-24-12-10-20(11-13-24)22(25)23-21-14-17(2)4-7-18(21)3/h4-9,14,20H,10-13,15H2,1-3H3,(H,23,25). The van der Waals surface area contributed by atoms with Crippen molar-refractivity contribution in [3.05, 3.63) is 64.7 Å². The molecule has 0 atom stereocenters. The van der Waals surface area contributed by atoms with Gasteiger partial charge in [0.1, 0.15) is 0 Å². The van der Waals surface area contributed by atoms with E-state index in [0.29, 0.717) is 0 Å². The van der Waals surface area contributed by atoms with Crippen LogP contribution in [0.5, 0.6) is 0 Å². The molecule has 0 radical (unpaired) electrons. The normalized spacial score (nSPS) is 16.0. The summed E-state index contributed by atoms with van der Waals surface area (Å²) >= 11 is 0. The number of aryl methyl sites for hydroxylation is 3. The van der Waals surface area contributed by atoms with E-state index < -0.39 is 0 Å². The number of hydrogen-bond donors (Lipinski definition) is 1. The zero-order valence-electron chi connectivity index (χ0n) is 15.5. The topological polar surface area (TPSA) is 32.3 Å². The summed E-state index contributed by atoms with van der Waals surface area (Å²) in [6.45, 7) is 9.16. The highest BCUT2D eigenvalue weighted by molar-refractivity contribution is 5.93. The SMILES string of the molecule is Cc1ccc(CN2CCC(C(=O)Nc3cc(C)ccc3C)CC2)cc1. The van der Waals surface area contributed by atoms with Crippen LogP contribution >= 0.6 is 0 Å². The first-order chi connectivity index (χ1) is 12.0. The first kappa shape index (κ1) is 17.7. The van der Waals surface area contributed by atoms with Crippen LogP contribution in [0.4, 0.5) is 5.69 Å². The molecule has 0 unspecified atom stereocenters. The number of nitrogens with zero attached hydrogens (tertiary/aromatic N) is 1. The number of anilines is 1. The third-order valence-corrected chi connectivity index (χ3v) is 5.14. The van der Waals surface area contributed by atoms with Gasteiger partial charge in [0.25, 0.3) is 0 Å². The van der Waals surface area contributed by atoms with Gasteiger partial charge in [-0.1, -0.05) is 42.0 Å². The Bertz CT molecular complexity index is 728. The molecule has 1 N–H and O–H groups in total. The highest BCUT2D eigenvalue weighted by Crippen LogP contribution is 2.23. The zero-order chi connectivity index (χ0) is 17.8. The summed E-state index contributed by atoms with van der Waals surface area (Å²) in [5.41, 5.74) is 5.89. The Labute approximate surface area is 151 Å². The van der Waals surface area contributed by atoms with E-state index in [-0.39, 0.29) is 11.8 Å². The lowest BCUT2D eigenvalue weighted by Crippen LogP contribution is -2.37. The van der Waals surface area contributed by atoms with Crippen LogP contribution in [0.25, 0.3) is 0 Å². The molecule has 0 spiro atoms. The number of amides is 1. The minimum atomic E-state index is 0.120. The van der Waals surface area contributed by atoms with Gasteiger partial charge in [0.2, 0.25) is 5.91 Å². The molecule has 132 valence electrons. The predicted octanol–water partition coefficient (Wildman–Crippen LogP) is 4.46. The number of piperidine rings is 1. The molecular weight excluding hydrogens is 308 g/mol. The van der Waals surface area contributed by atoms with Crippen molar-refractivity contribution in [3.63, 3.8) is 0 Å². The quantitative estimate of drug-likeness (QED) is 0.894. The maximum Gasteiger partial charge on any atom is 0.227 e. The van der Waals surface area contributed by atoms with E-state index in [2.05, 4.69) is 66.5 Å². The molecule has 0 saturated carbocycles. The van der Waals surface area contributed by atoms with Gasteiger partial charge in [-0.15, -0.1) is 0 Å². The molecule has 3 rings (SSSR count).